The van der Waals surface area contributed by atoms with Crippen LogP contribution in [-0.4, -0.2) is 54.2 Å². The Labute approximate surface area is 148 Å². The molecule has 2 aromatic rings. The summed E-state index contributed by atoms with van der Waals surface area (Å²) in [6, 6.07) is 13.9. The normalized spacial score (nSPS) is 14.1. The minimum atomic E-state index is -0.173. The van der Waals surface area contributed by atoms with Crippen LogP contribution in [-0.2, 0) is 6.54 Å². The van der Waals surface area contributed by atoms with Gasteiger partial charge in [0.1, 0.15) is 0 Å². The SMILES string of the molecule is CN(CCNC(=O)c1ccc(N2CCCC2)nn1)Cc1ccccc1. The number of carbonyl (C=O) groups excluding carboxylic acids is 1. The molecule has 1 N–H and O–H groups in total. The Kier molecular flexibility index (Phi) is 5.95. The first-order valence-electron chi connectivity index (χ1n) is 8.82. The molecule has 1 amide bonds. The van der Waals surface area contributed by atoms with Gasteiger partial charge in [0.15, 0.2) is 11.5 Å². The maximum atomic E-state index is 12.2. The minimum Gasteiger partial charge on any atom is -0.355 e. The van der Waals surface area contributed by atoms with Crippen molar-refractivity contribution in [2.75, 3.05) is 38.1 Å². The third kappa shape index (κ3) is 5.00. The first-order valence-corrected chi connectivity index (χ1v) is 8.82. The summed E-state index contributed by atoms with van der Waals surface area (Å²) in [4.78, 5) is 16.6. The van der Waals surface area contributed by atoms with Gasteiger partial charge in [-0.05, 0) is 37.6 Å². The molecule has 1 saturated heterocycles. The van der Waals surface area contributed by atoms with Crippen molar-refractivity contribution in [2.45, 2.75) is 19.4 Å². The van der Waals surface area contributed by atoms with Crippen molar-refractivity contribution in [2.24, 2.45) is 0 Å². The van der Waals surface area contributed by atoms with Crippen LogP contribution in [0.3, 0.4) is 0 Å². The maximum Gasteiger partial charge on any atom is 0.271 e. The second-order valence-corrected chi connectivity index (χ2v) is 6.45. The van der Waals surface area contributed by atoms with Crippen molar-refractivity contribution in [3.8, 4) is 0 Å². The summed E-state index contributed by atoms with van der Waals surface area (Å²) < 4.78 is 0. The van der Waals surface area contributed by atoms with E-state index in [1.54, 1.807) is 6.07 Å². The Morgan fingerprint density at radius 1 is 1.12 bits per heavy atom. The predicted molar refractivity (Wildman–Crippen MR) is 98.6 cm³/mol. The molecule has 0 spiro atoms. The fourth-order valence-electron chi connectivity index (χ4n) is 2.99. The molecule has 1 fully saturated rings. The summed E-state index contributed by atoms with van der Waals surface area (Å²) in [7, 11) is 2.05. The van der Waals surface area contributed by atoms with Crippen molar-refractivity contribution in [3.05, 3.63) is 53.7 Å². The highest BCUT2D eigenvalue weighted by Crippen LogP contribution is 2.16. The van der Waals surface area contributed by atoms with Gasteiger partial charge in [0.25, 0.3) is 5.91 Å². The highest BCUT2D eigenvalue weighted by molar-refractivity contribution is 5.92. The van der Waals surface area contributed by atoms with Gasteiger partial charge in [0.2, 0.25) is 0 Å². The Morgan fingerprint density at radius 3 is 2.56 bits per heavy atom. The smallest absolute Gasteiger partial charge is 0.271 e. The zero-order valence-electron chi connectivity index (χ0n) is 14.7. The molecule has 0 saturated carbocycles. The van der Waals surface area contributed by atoms with Crippen LogP contribution in [0.25, 0.3) is 0 Å². The molecule has 25 heavy (non-hydrogen) atoms. The Bertz CT molecular complexity index is 668. The average Bonchev–Trinajstić information content (AvgIpc) is 3.17. The summed E-state index contributed by atoms with van der Waals surface area (Å²) in [6.07, 6.45) is 2.39. The molecule has 0 radical (unpaired) electrons. The highest BCUT2D eigenvalue weighted by atomic mass is 16.1. The van der Waals surface area contributed by atoms with E-state index in [2.05, 4.69) is 37.4 Å². The number of nitrogens with one attached hydrogen (secondary N) is 1. The van der Waals surface area contributed by atoms with Crippen LogP contribution >= 0.6 is 0 Å². The minimum absolute atomic E-state index is 0.173. The molecule has 2 heterocycles. The lowest BCUT2D eigenvalue weighted by Gasteiger charge is -2.17. The number of amides is 1. The number of hydrogen-bond acceptors (Lipinski definition) is 5. The van der Waals surface area contributed by atoms with Crippen LogP contribution in [0, 0.1) is 0 Å². The monoisotopic (exact) mass is 339 g/mol. The van der Waals surface area contributed by atoms with Gasteiger partial charge < -0.3 is 15.1 Å². The quantitative estimate of drug-likeness (QED) is 0.835. The fraction of sp³-hybridized carbons (Fsp3) is 0.421. The Balaban J connectivity index is 1.42. The van der Waals surface area contributed by atoms with E-state index in [0.29, 0.717) is 12.2 Å². The summed E-state index contributed by atoms with van der Waals surface area (Å²) in [5, 5.41) is 11.2. The van der Waals surface area contributed by atoms with E-state index in [0.717, 1.165) is 32.0 Å². The number of nitrogens with zero attached hydrogens (tertiary/aromatic N) is 4. The number of rotatable bonds is 7. The fourth-order valence-corrected chi connectivity index (χ4v) is 2.99. The Hall–Kier alpha value is -2.47. The van der Waals surface area contributed by atoms with Gasteiger partial charge in [-0.15, -0.1) is 10.2 Å². The summed E-state index contributed by atoms with van der Waals surface area (Å²) in [5.74, 6) is 0.685. The maximum absolute atomic E-state index is 12.2. The molecule has 1 aliphatic heterocycles. The number of hydrogen-bond donors (Lipinski definition) is 1. The lowest BCUT2D eigenvalue weighted by atomic mass is 10.2. The van der Waals surface area contributed by atoms with Crippen LogP contribution < -0.4 is 10.2 Å². The molecule has 3 rings (SSSR count). The standard InChI is InChI=1S/C19H25N5O/c1-23(15-16-7-3-2-4-8-16)14-11-20-19(25)17-9-10-18(22-21-17)24-12-5-6-13-24/h2-4,7-10H,5-6,11-15H2,1H3,(H,20,25). The first-order chi connectivity index (χ1) is 12.2. The molecule has 0 atom stereocenters. The molecule has 132 valence electrons. The molecular formula is C19H25N5O. The third-order valence-electron chi connectivity index (χ3n) is 4.39. The van der Waals surface area contributed by atoms with Crippen LogP contribution in [0.15, 0.2) is 42.5 Å². The number of likely N-dealkylation sites (N-methyl/N-ethyl adjacent to an activating group) is 1. The van der Waals surface area contributed by atoms with Crippen molar-refractivity contribution in [3.63, 3.8) is 0 Å². The van der Waals surface area contributed by atoms with E-state index in [1.807, 2.05) is 31.3 Å². The van der Waals surface area contributed by atoms with Crippen molar-refractivity contribution < 1.29 is 4.79 Å². The van der Waals surface area contributed by atoms with Gasteiger partial charge in [-0.3, -0.25) is 4.79 Å². The lowest BCUT2D eigenvalue weighted by Crippen LogP contribution is -2.33. The zero-order valence-corrected chi connectivity index (χ0v) is 14.7. The summed E-state index contributed by atoms with van der Waals surface area (Å²) in [6.45, 7) is 4.26. The zero-order chi connectivity index (χ0) is 17.5. The molecule has 0 aliphatic carbocycles. The molecule has 1 aromatic carbocycles. The largest absolute Gasteiger partial charge is 0.355 e. The topological polar surface area (TPSA) is 61.4 Å². The number of carbonyl (C=O) groups is 1. The van der Waals surface area contributed by atoms with Crippen LogP contribution in [0.2, 0.25) is 0 Å². The van der Waals surface area contributed by atoms with E-state index in [1.165, 1.54) is 18.4 Å². The van der Waals surface area contributed by atoms with Gasteiger partial charge in [0.05, 0.1) is 0 Å². The van der Waals surface area contributed by atoms with Crippen molar-refractivity contribution in [1.82, 2.24) is 20.4 Å². The van der Waals surface area contributed by atoms with Crippen LogP contribution in [0.5, 0.6) is 0 Å². The average molecular weight is 339 g/mol. The van der Waals surface area contributed by atoms with Crippen LogP contribution in [0.4, 0.5) is 5.82 Å². The molecule has 1 aliphatic rings. The number of anilines is 1. The molecule has 0 unspecified atom stereocenters. The van der Waals surface area contributed by atoms with Gasteiger partial charge in [0, 0.05) is 32.7 Å². The van der Waals surface area contributed by atoms with E-state index in [-0.39, 0.29) is 5.91 Å². The molecule has 0 bridgehead atoms. The molecule has 6 heteroatoms. The second kappa shape index (κ2) is 8.58. The summed E-state index contributed by atoms with van der Waals surface area (Å²) >= 11 is 0. The van der Waals surface area contributed by atoms with E-state index < -0.39 is 0 Å². The van der Waals surface area contributed by atoms with E-state index in [9.17, 15) is 4.79 Å². The second-order valence-electron chi connectivity index (χ2n) is 6.45. The van der Waals surface area contributed by atoms with E-state index >= 15 is 0 Å². The third-order valence-corrected chi connectivity index (χ3v) is 4.39. The van der Waals surface area contributed by atoms with E-state index in [4.69, 9.17) is 0 Å². The molecule has 6 nitrogen and oxygen atoms in total. The number of aromatic nitrogens is 2. The lowest BCUT2D eigenvalue weighted by molar-refractivity contribution is 0.0943. The number of benzene rings is 1. The van der Waals surface area contributed by atoms with Crippen molar-refractivity contribution in [1.29, 1.82) is 0 Å². The molecule has 1 aromatic heterocycles. The van der Waals surface area contributed by atoms with Crippen LogP contribution in [0.1, 0.15) is 28.9 Å². The van der Waals surface area contributed by atoms with Gasteiger partial charge in [-0.2, -0.15) is 0 Å². The van der Waals surface area contributed by atoms with Gasteiger partial charge in [-0.25, -0.2) is 0 Å². The summed E-state index contributed by atoms with van der Waals surface area (Å²) in [5.41, 5.74) is 1.63. The first kappa shape index (κ1) is 17.4. The van der Waals surface area contributed by atoms with Gasteiger partial charge >= 0.3 is 0 Å². The Morgan fingerprint density at radius 2 is 1.88 bits per heavy atom. The predicted octanol–water partition coefficient (Wildman–Crippen LogP) is 1.94. The van der Waals surface area contributed by atoms with Gasteiger partial charge in [-0.1, -0.05) is 30.3 Å². The molecular weight excluding hydrogens is 314 g/mol. The van der Waals surface area contributed by atoms with Crippen molar-refractivity contribution >= 4 is 11.7 Å². The highest BCUT2D eigenvalue weighted by Gasteiger charge is 2.15.